The third-order valence-electron chi connectivity index (χ3n) is 4.69. The van der Waals surface area contributed by atoms with Gasteiger partial charge in [0.25, 0.3) is 17.5 Å². The molecule has 3 rings (SSSR count). The average Bonchev–Trinajstić information content (AvgIpc) is 2.87. The molecule has 0 bridgehead atoms. The average molecular weight is 507 g/mol. The van der Waals surface area contributed by atoms with Crippen LogP contribution in [0.1, 0.15) is 5.56 Å². The molecule has 0 aromatic heterocycles. The van der Waals surface area contributed by atoms with Gasteiger partial charge in [-0.25, -0.2) is 0 Å². The number of nitro groups is 1. The molecular weight excluding hydrogens is 488 g/mol. The summed E-state index contributed by atoms with van der Waals surface area (Å²) < 4.78 is 10.9. The van der Waals surface area contributed by atoms with E-state index in [4.69, 9.17) is 21.1 Å². The van der Waals surface area contributed by atoms with E-state index < -0.39 is 10.8 Å². The number of carbonyl (C=O) groups excluding carboxylic acids is 2. The molecule has 3 aromatic carbocycles. The lowest BCUT2D eigenvalue weighted by Crippen LogP contribution is -2.20. The zero-order chi connectivity index (χ0) is 26.1. The molecule has 0 saturated heterocycles. The van der Waals surface area contributed by atoms with Gasteiger partial charge >= 0.3 is 0 Å². The van der Waals surface area contributed by atoms with Gasteiger partial charge in [-0.1, -0.05) is 35.9 Å². The Kier molecular flexibility index (Phi) is 8.58. The number of hydrogen-bond donors (Lipinski definition) is 2. The number of nitrogens with one attached hydrogen (secondary N) is 2. The summed E-state index contributed by atoms with van der Waals surface area (Å²) in [6, 6.07) is 18.9. The fourth-order valence-electron chi connectivity index (χ4n) is 2.98. The molecular formula is C25H19ClN4O6. The summed E-state index contributed by atoms with van der Waals surface area (Å²) in [4.78, 5) is 34.9. The van der Waals surface area contributed by atoms with Crippen LogP contribution < -0.4 is 20.1 Å². The number of halogens is 1. The van der Waals surface area contributed by atoms with Crippen molar-refractivity contribution in [3.63, 3.8) is 0 Å². The summed E-state index contributed by atoms with van der Waals surface area (Å²) in [6.07, 6.45) is 1.32. The molecule has 0 radical (unpaired) electrons. The van der Waals surface area contributed by atoms with E-state index in [9.17, 15) is 25.0 Å². The first-order valence-electron chi connectivity index (χ1n) is 10.3. The van der Waals surface area contributed by atoms with Gasteiger partial charge in [-0.05, 0) is 42.0 Å². The maximum Gasteiger partial charge on any atom is 0.271 e. The number of non-ortho nitro benzene ring substituents is 1. The quantitative estimate of drug-likeness (QED) is 0.183. The van der Waals surface area contributed by atoms with E-state index in [2.05, 4.69) is 10.6 Å². The molecule has 2 amide bonds. The first kappa shape index (κ1) is 25.7. The number of anilines is 2. The van der Waals surface area contributed by atoms with Crippen molar-refractivity contribution in [1.29, 1.82) is 5.26 Å². The number of ether oxygens (including phenoxy) is 2. The van der Waals surface area contributed by atoms with Gasteiger partial charge in [0.2, 0.25) is 0 Å². The number of methoxy groups -OCH3 is 1. The van der Waals surface area contributed by atoms with Crippen molar-refractivity contribution in [2.45, 2.75) is 0 Å². The fourth-order valence-corrected chi connectivity index (χ4v) is 3.20. The zero-order valence-electron chi connectivity index (χ0n) is 18.9. The highest BCUT2D eigenvalue weighted by Gasteiger charge is 2.15. The summed E-state index contributed by atoms with van der Waals surface area (Å²) in [5.41, 5.74) is 0.720. The zero-order valence-corrected chi connectivity index (χ0v) is 19.6. The Balaban J connectivity index is 1.70. The van der Waals surface area contributed by atoms with Gasteiger partial charge in [0.1, 0.15) is 11.6 Å². The SMILES string of the molecule is COc1cc(C=C(C#N)C(=O)Nc2ccc([N+](=O)[O-])cc2Cl)ccc1OCC(=O)Nc1ccccc1. The lowest BCUT2D eigenvalue weighted by Gasteiger charge is -2.12. The summed E-state index contributed by atoms with van der Waals surface area (Å²) in [5, 5.41) is 25.4. The van der Waals surface area contributed by atoms with E-state index in [-0.39, 0.29) is 40.2 Å². The van der Waals surface area contributed by atoms with E-state index >= 15 is 0 Å². The highest BCUT2D eigenvalue weighted by molar-refractivity contribution is 6.34. The number of para-hydroxylation sites is 1. The lowest BCUT2D eigenvalue weighted by atomic mass is 10.1. The Morgan fingerprint density at radius 3 is 2.47 bits per heavy atom. The third-order valence-corrected chi connectivity index (χ3v) is 5.00. The minimum Gasteiger partial charge on any atom is -0.493 e. The van der Waals surface area contributed by atoms with Crippen LogP contribution in [-0.4, -0.2) is 30.5 Å². The second-order valence-corrected chi connectivity index (χ2v) is 7.57. The standard InChI is InChI=1S/C25H19ClN4O6/c1-35-23-12-16(7-10-22(23)36-15-24(31)28-18-5-3-2-4-6-18)11-17(14-27)25(32)29-21-9-8-19(30(33)34)13-20(21)26/h2-13H,15H2,1H3,(H,28,31)(H,29,32). The van der Waals surface area contributed by atoms with Crippen LogP contribution in [-0.2, 0) is 9.59 Å². The monoisotopic (exact) mass is 506 g/mol. The summed E-state index contributed by atoms with van der Waals surface area (Å²) >= 11 is 6.00. The van der Waals surface area contributed by atoms with Crippen molar-refractivity contribution in [1.82, 2.24) is 0 Å². The number of nitriles is 1. The van der Waals surface area contributed by atoms with Crippen molar-refractivity contribution in [3.8, 4) is 17.6 Å². The Morgan fingerprint density at radius 2 is 1.83 bits per heavy atom. The lowest BCUT2D eigenvalue weighted by molar-refractivity contribution is -0.384. The Bertz CT molecular complexity index is 1370. The molecule has 0 spiro atoms. The minimum atomic E-state index is -0.759. The molecule has 0 saturated carbocycles. The maximum atomic E-state index is 12.6. The Hall–Kier alpha value is -4.88. The Morgan fingerprint density at radius 1 is 1.08 bits per heavy atom. The second-order valence-electron chi connectivity index (χ2n) is 7.16. The molecule has 10 nitrogen and oxygen atoms in total. The van der Waals surface area contributed by atoms with Crippen LogP contribution in [0.5, 0.6) is 11.5 Å². The van der Waals surface area contributed by atoms with Crippen molar-refractivity contribution in [2.24, 2.45) is 0 Å². The first-order chi connectivity index (χ1) is 17.3. The number of amides is 2. The van der Waals surface area contributed by atoms with E-state index in [0.717, 1.165) is 6.07 Å². The highest BCUT2D eigenvalue weighted by atomic mass is 35.5. The molecule has 182 valence electrons. The number of benzene rings is 3. The molecule has 11 heteroatoms. The van der Waals surface area contributed by atoms with Gasteiger partial charge in [-0.3, -0.25) is 19.7 Å². The first-order valence-corrected chi connectivity index (χ1v) is 10.7. The van der Waals surface area contributed by atoms with Gasteiger partial charge in [-0.2, -0.15) is 5.26 Å². The predicted molar refractivity (Wildman–Crippen MR) is 134 cm³/mol. The number of carbonyl (C=O) groups is 2. The highest BCUT2D eigenvalue weighted by Crippen LogP contribution is 2.30. The van der Waals surface area contributed by atoms with Crippen LogP contribution in [0.25, 0.3) is 6.08 Å². The second kappa shape index (κ2) is 12.0. The third kappa shape index (κ3) is 6.82. The van der Waals surface area contributed by atoms with E-state index in [1.807, 2.05) is 12.1 Å². The van der Waals surface area contributed by atoms with E-state index in [1.165, 1.54) is 31.4 Å². The smallest absolute Gasteiger partial charge is 0.271 e. The number of nitrogens with zero attached hydrogens (tertiary/aromatic N) is 2. The summed E-state index contributed by atoms with van der Waals surface area (Å²) in [6.45, 7) is -0.262. The summed E-state index contributed by atoms with van der Waals surface area (Å²) in [7, 11) is 1.41. The van der Waals surface area contributed by atoms with Crippen molar-refractivity contribution >= 4 is 46.6 Å². The molecule has 3 aromatic rings. The molecule has 2 N–H and O–H groups in total. The number of nitro benzene ring substituents is 1. The van der Waals surface area contributed by atoms with Crippen LogP contribution in [0.2, 0.25) is 5.02 Å². The number of rotatable bonds is 9. The van der Waals surface area contributed by atoms with Crippen LogP contribution >= 0.6 is 11.6 Å². The molecule has 0 fully saturated rings. The van der Waals surface area contributed by atoms with Gasteiger partial charge in [0.15, 0.2) is 18.1 Å². The molecule has 0 aliphatic rings. The summed E-state index contributed by atoms with van der Waals surface area (Å²) in [5.74, 6) is -0.545. The van der Waals surface area contributed by atoms with Gasteiger partial charge in [0, 0.05) is 17.8 Å². The topological polar surface area (TPSA) is 144 Å². The fraction of sp³-hybridized carbons (Fsp3) is 0.0800. The molecule has 0 aliphatic carbocycles. The molecule has 0 heterocycles. The van der Waals surface area contributed by atoms with Crippen LogP contribution in [0.4, 0.5) is 17.1 Å². The van der Waals surface area contributed by atoms with Gasteiger partial charge < -0.3 is 20.1 Å². The van der Waals surface area contributed by atoms with Gasteiger partial charge in [0.05, 0.1) is 22.7 Å². The van der Waals surface area contributed by atoms with Gasteiger partial charge in [-0.15, -0.1) is 0 Å². The van der Waals surface area contributed by atoms with E-state index in [1.54, 1.807) is 36.4 Å². The van der Waals surface area contributed by atoms with Crippen LogP contribution in [0.15, 0.2) is 72.3 Å². The number of hydrogen-bond acceptors (Lipinski definition) is 7. The largest absolute Gasteiger partial charge is 0.493 e. The molecule has 0 atom stereocenters. The van der Waals surface area contributed by atoms with Crippen LogP contribution in [0.3, 0.4) is 0 Å². The van der Waals surface area contributed by atoms with Crippen molar-refractivity contribution in [2.75, 3.05) is 24.4 Å². The Labute approximate surface area is 210 Å². The van der Waals surface area contributed by atoms with Crippen molar-refractivity contribution in [3.05, 3.63) is 93.0 Å². The van der Waals surface area contributed by atoms with E-state index in [0.29, 0.717) is 17.0 Å². The molecule has 0 unspecified atom stereocenters. The maximum absolute atomic E-state index is 12.6. The predicted octanol–water partition coefficient (Wildman–Crippen LogP) is 4.82. The molecule has 36 heavy (non-hydrogen) atoms. The normalized spacial score (nSPS) is 10.6. The minimum absolute atomic E-state index is 0.0469. The van der Waals surface area contributed by atoms with Crippen LogP contribution in [0, 0.1) is 21.4 Å². The molecule has 0 aliphatic heterocycles. The van der Waals surface area contributed by atoms with Crippen molar-refractivity contribution < 1.29 is 24.0 Å².